The number of rotatable bonds is 6. The lowest BCUT2D eigenvalue weighted by atomic mass is 10.1. The molecule has 1 fully saturated rings. The molecule has 0 saturated carbocycles. The molecule has 3 rings (SSSR count). The minimum Gasteiger partial charge on any atom is -0.379 e. The van der Waals surface area contributed by atoms with Gasteiger partial charge in [-0.05, 0) is 17.5 Å². The summed E-state index contributed by atoms with van der Waals surface area (Å²) in [6.45, 7) is 4.46. The number of ether oxygens (including phenoxy) is 1. The predicted octanol–water partition coefficient (Wildman–Crippen LogP) is 2.11. The fraction of sp³-hybridized carbons (Fsp3) is 0.529. The molecule has 1 atom stereocenters. The molecule has 2 aromatic heterocycles. The van der Waals surface area contributed by atoms with Gasteiger partial charge in [-0.15, -0.1) is 11.3 Å². The third-order valence-electron chi connectivity index (χ3n) is 4.22. The minimum absolute atomic E-state index is 0.358. The monoisotopic (exact) mass is 347 g/mol. The van der Waals surface area contributed by atoms with E-state index in [4.69, 9.17) is 4.74 Å². The van der Waals surface area contributed by atoms with Crippen LogP contribution in [-0.2, 0) is 4.74 Å². The molecule has 1 aliphatic rings. The van der Waals surface area contributed by atoms with Crippen LogP contribution >= 0.6 is 11.3 Å². The highest BCUT2D eigenvalue weighted by Gasteiger charge is 2.25. The van der Waals surface area contributed by atoms with E-state index in [2.05, 4.69) is 44.3 Å². The fourth-order valence-electron chi connectivity index (χ4n) is 2.88. The molecule has 6 nitrogen and oxygen atoms in total. The Morgan fingerprint density at radius 3 is 2.71 bits per heavy atom. The SMILES string of the molecule is CN(C)c1nccc(N(C)CC(c2cccs2)N2CCOCC2)n1. The van der Waals surface area contributed by atoms with Gasteiger partial charge in [-0.1, -0.05) is 6.07 Å². The molecule has 0 spiro atoms. The predicted molar refractivity (Wildman–Crippen MR) is 99.1 cm³/mol. The molecule has 0 amide bonds. The van der Waals surface area contributed by atoms with E-state index in [-0.39, 0.29) is 0 Å². The highest BCUT2D eigenvalue weighted by Crippen LogP contribution is 2.28. The maximum atomic E-state index is 5.52. The molecule has 1 unspecified atom stereocenters. The molecule has 3 heterocycles. The number of thiophene rings is 1. The van der Waals surface area contributed by atoms with Crippen LogP contribution < -0.4 is 9.80 Å². The zero-order valence-electron chi connectivity index (χ0n) is 14.6. The Morgan fingerprint density at radius 1 is 1.25 bits per heavy atom. The highest BCUT2D eigenvalue weighted by molar-refractivity contribution is 7.10. The van der Waals surface area contributed by atoms with Crippen LogP contribution in [0.2, 0.25) is 0 Å². The van der Waals surface area contributed by atoms with E-state index in [1.54, 1.807) is 0 Å². The van der Waals surface area contributed by atoms with Crippen molar-refractivity contribution in [3.63, 3.8) is 0 Å². The second-order valence-electron chi connectivity index (χ2n) is 6.17. The largest absolute Gasteiger partial charge is 0.379 e. The number of anilines is 2. The van der Waals surface area contributed by atoms with Gasteiger partial charge in [-0.25, -0.2) is 4.98 Å². The quantitative estimate of drug-likeness (QED) is 0.797. The van der Waals surface area contributed by atoms with Crippen molar-refractivity contribution in [2.45, 2.75) is 6.04 Å². The van der Waals surface area contributed by atoms with Crippen molar-refractivity contribution in [1.29, 1.82) is 0 Å². The Hall–Kier alpha value is -1.70. The van der Waals surface area contributed by atoms with E-state index < -0.39 is 0 Å². The van der Waals surface area contributed by atoms with Crippen molar-refractivity contribution in [3.05, 3.63) is 34.7 Å². The Morgan fingerprint density at radius 2 is 2.04 bits per heavy atom. The lowest BCUT2D eigenvalue weighted by molar-refractivity contribution is 0.0183. The molecule has 130 valence electrons. The first-order valence-corrected chi connectivity index (χ1v) is 9.10. The number of aromatic nitrogens is 2. The normalized spacial score (nSPS) is 16.8. The molecule has 0 bridgehead atoms. The summed E-state index contributed by atoms with van der Waals surface area (Å²) in [7, 11) is 6.02. The van der Waals surface area contributed by atoms with Gasteiger partial charge in [-0.3, -0.25) is 4.90 Å². The van der Waals surface area contributed by atoms with Crippen LogP contribution in [-0.4, -0.2) is 68.9 Å². The second-order valence-corrected chi connectivity index (χ2v) is 7.15. The van der Waals surface area contributed by atoms with Crippen LogP contribution in [0.5, 0.6) is 0 Å². The molecule has 0 N–H and O–H groups in total. The first-order chi connectivity index (χ1) is 11.6. The van der Waals surface area contributed by atoms with Crippen molar-refractivity contribution >= 4 is 23.1 Å². The topological polar surface area (TPSA) is 44.7 Å². The van der Waals surface area contributed by atoms with Crippen molar-refractivity contribution in [1.82, 2.24) is 14.9 Å². The van der Waals surface area contributed by atoms with E-state index in [1.807, 2.05) is 42.6 Å². The maximum absolute atomic E-state index is 5.52. The first-order valence-electron chi connectivity index (χ1n) is 8.22. The zero-order chi connectivity index (χ0) is 16.9. The summed E-state index contributed by atoms with van der Waals surface area (Å²) in [4.78, 5) is 17.0. The van der Waals surface area contributed by atoms with Crippen LogP contribution in [0.4, 0.5) is 11.8 Å². The summed E-state index contributed by atoms with van der Waals surface area (Å²) >= 11 is 1.82. The van der Waals surface area contributed by atoms with Crippen LogP contribution in [0.1, 0.15) is 10.9 Å². The molecule has 1 aliphatic heterocycles. The van der Waals surface area contributed by atoms with E-state index in [1.165, 1.54) is 4.88 Å². The summed E-state index contributed by atoms with van der Waals surface area (Å²) in [5.41, 5.74) is 0. The summed E-state index contributed by atoms with van der Waals surface area (Å²) in [6.07, 6.45) is 1.82. The highest BCUT2D eigenvalue weighted by atomic mass is 32.1. The second kappa shape index (κ2) is 7.92. The lowest BCUT2D eigenvalue weighted by Gasteiger charge is -2.36. The molecule has 24 heavy (non-hydrogen) atoms. The molecule has 7 heteroatoms. The molecule has 0 aliphatic carbocycles. The minimum atomic E-state index is 0.358. The van der Waals surface area contributed by atoms with Crippen molar-refractivity contribution < 1.29 is 4.74 Å². The van der Waals surface area contributed by atoms with Gasteiger partial charge < -0.3 is 14.5 Å². The van der Waals surface area contributed by atoms with Crippen molar-refractivity contribution in [3.8, 4) is 0 Å². The van der Waals surface area contributed by atoms with Gasteiger partial charge in [0, 0.05) is 51.9 Å². The average Bonchev–Trinajstić information content (AvgIpc) is 3.14. The molecule has 0 aromatic carbocycles. The third-order valence-corrected chi connectivity index (χ3v) is 5.20. The van der Waals surface area contributed by atoms with Gasteiger partial charge in [0.25, 0.3) is 0 Å². The van der Waals surface area contributed by atoms with Gasteiger partial charge in [0.05, 0.1) is 19.3 Å². The number of hydrogen-bond acceptors (Lipinski definition) is 7. The molecular formula is C17H25N5OS. The van der Waals surface area contributed by atoms with Gasteiger partial charge in [0.2, 0.25) is 5.95 Å². The van der Waals surface area contributed by atoms with Gasteiger partial charge in [0.15, 0.2) is 0 Å². The standard InChI is InChI=1S/C17H25N5OS/c1-20(2)17-18-7-6-16(19-17)21(3)13-14(15-5-4-12-24-15)22-8-10-23-11-9-22/h4-7,12,14H,8-11,13H2,1-3H3. The number of hydrogen-bond donors (Lipinski definition) is 0. The van der Waals surface area contributed by atoms with Crippen LogP contribution in [0, 0.1) is 0 Å². The van der Waals surface area contributed by atoms with Gasteiger partial charge in [-0.2, -0.15) is 4.98 Å². The number of morpholine rings is 1. The number of nitrogens with zero attached hydrogens (tertiary/aromatic N) is 5. The summed E-state index contributed by atoms with van der Waals surface area (Å²) < 4.78 is 5.52. The maximum Gasteiger partial charge on any atom is 0.226 e. The Balaban J connectivity index is 1.77. The van der Waals surface area contributed by atoms with Crippen molar-refractivity contribution in [2.24, 2.45) is 0 Å². The smallest absolute Gasteiger partial charge is 0.226 e. The van der Waals surface area contributed by atoms with Crippen LogP contribution in [0.3, 0.4) is 0 Å². The Labute approximate surface area is 147 Å². The zero-order valence-corrected chi connectivity index (χ0v) is 15.4. The van der Waals surface area contributed by atoms with Gasteiger partial charge in [0.1, 0.15) is 5.82 Å². The van der Waals surface area contributed by atoms with Gasteiger partial charge >= 0.3 is 0 Å². The van der Waals surface area contributed by atoms with E-state index in [0.717, 1.165) is 44.6 Å². The molecule has 0 radical (unpaired) electrons. The summed E-state index contributed by atoms with van der Waals surface area (Å²) in [5.74, 6) is 1.68. The Bertz CT molecular complexity index is 628. The van der Waals surface area contributed by atoms with Crippen LogP contribution in [0.25, 0.3) is 0 Å². The molecule has 2 aromatic rings. The van der Waals surface area contributed by atoms with E-state index >= 15 is 0 Å². The average molecular weight is 347 g/mol. The molecule has 1 saturated heterocycles. The van der Waals surface area contributed by atoms with Crippen LogP contribution in [0.15, 0.2) is 29.8 Å². The fourth-order valence-corrected chi connectivity index (χ4v) is 3.73. The first kappa shape index (κ1) is 17.1. The lowest BCUT2D eigenvalue weighted by Crippen LogP contribution is -2.43. The Kier molecular flexibility index (Phi) is 5.65. The number of likely N-dealkylation sites (N-methyl/N-ethyl adjacent to an activating group) is 1. The molecular weight excluding hydrogens is 322 g/mol. The third kappa shape index (κ3) is 4.03. The summed E-state index contributed by atoms with van der Waals surface area (Å²) in [5, 5.41) is 2.15. The van der Waals surface area contributed by atoms with Crippen molar-refractivity contribution in [2.75, 3.05) is 63.8 Å². The summed E-state index contributed by atoms with van der Waals surface area (Å²) in [6, 6.07) is 6.68. The van der Waals surface area contributed by atoms with E-state index in [0.29, 0.717) is 6.04 Å². The van der Waals surface area contributed by atoms with E-state index in [9.17, 15) is 0 Å².